The second-order valence-electron chi connectivity index (χ2n) is 7.60. The Balaban J connectivity index is 1.54. The van der Waals surface area contributed by atoms with Crippen LogP contribution in [-0.4, -0.2) is 20.4 Å². The summed E-state index contributed by atoms with van der Waals surface area (Å²) in [5, 5.41) is 0.526. The number of nitrogens with one attached hydrogen (secondary N) is 1. The molecule has 0 radical (unpaired) electrons. The van der Waals surface area contributed by atoms with Crippen LogP contribution in [0, 0.1) is 5.92 Å². The minimum Gasteiger partial charge on any atom is -0.309 e. The van der Waals surface area contributed by atoms with E-state index in [4.69, 9.17) is 11.6 Å². The van der Waals surface area contributed by atoms with Crippen molar-refractivity contribution in [3.8, 4) is 0 Å². The van der Waals surface area contributed by atoms with Crippen LogP contribution in [0.1, 0.15) is 37.3 Å². The molecule has 0 aromatic heterocycles. The molecule has 0 unspecified atom stereocenters. The molecular formula is C21H23ClN2O3S. The van der Waals surface area contributed by atoms with Crippen LogP contribution in [-0.2, 0) is 27.8 Å². The van der Waals surface area contributed by atoms with Crippen molar-refractivity contribution in [2.24, 2.45) is 5.92 Å². The van der Waals surface area contributed by atoms with Crippen molar-refractivity contribution in [1.29, 1.82) is 0 Å². The van der Waals surface area contributed by atoms with Gasteiger partial charge in [0, 0.05) is 29.2 Å². The maximum atomic E-state index is 12.8. The number of benzene rings is 2. The third-order valence-corrected chi connectivity index (χ3v) is 7.45. The summed E-state index contributed by atoms with van der Waals surface area (Å²) in [4.78, 5) is 14.8. The van der Waals surface area contributed by atoms with Crippen molar-refractivity contribution in [3.05, 3.63) is 58.6 Å². The minimum atomic E-state index is -3.67. The number of amides is 1. The molecule has 1 N–H and O–H groups in total. The average Bonchev–Trinajstić information content (AvgIpc) is 2.94. The summed E-state index contributed by atoms with van der Waals surface area (Å²) in [5.74, 6) is 0.291. The van der Waals surface area contributed by atoms with Crippen LogP contribution in [0.25, 0.3) is 0 Å². The first-order valence-electron chi connectivity index (χ1n) is 9.56. The molecule has 1 aliphatic heterocycles. The fraction of sp³-hybridized carbons (Fsp3) is 0.381. The second kappa shape index (κ2) is 7.50. The highest BCUT2D eigenvalue weighted by Crippen LogP contribution is 2.38. The quantitative estimate of drug-likeness (QED) is 0.800. The van der Waals surface area contributed by atoms with Crippen LogP contribution in [0.3, 0.4) is 0 Å². The van der Waals surface area contributed by atoms with Gasteiger partial charge in [-0.25, -0.2) is 13.1 Å². The van der Waals surface area contributed by atoms with Gasteiger partial charge in [-0.1, -0.05) is 36.2 Å². The molecule has 28 heavy (non-hydrogen) atoms. The van der Waals surface area contributed by atoms with Gasteiger partial charge in [-0.3, -0.25) is 4.79 Å². The Morgan fingerprint density at radius 3 is 2.64 bits per heavy atom. The normalized spacial score (nSPS) is 19.4. The number of hydrogen-bond donors (Lipinski definition) is 1. The SMILES string of the molecule is C[C@H]1Cc2cc(S(=O)(=O)NCc3ccccc3Cl)ccc2N1C(=O)C1CCC1. The van der Waals surface area contributed by atoms with Crippen LogP contribution in [0.4, 0.5) is 5.69 Å². The molecule has 148 valence electrons. The zero-order valence-electron chi connectivity index (χ0n) is 15.7. The Kier molecular flexibility index (Phi) is 5.21. The van der Waals surface area contributed by atoms with E-state index >= 15 is 0 Å². The summed E-state index contributed by atoms with van der Waals surface area (Å²) in [6, 6.07) is 12.2. The van der Waals surface area contributed by atoms with Crippen LogP contribution >= 0.6 is 11.6 Å². The van der Waals surface area contributed by atoms with Gasteiger partial charge >= 0.3 is 0 Å². The molecule has 1 fully saturated rings. The molecule has 0 bridgehead atoms. The third-order valence-electron chi connectivity index (χ3n) is 5.68. The summed E-state index contributed by atoms with van der Waals surface area (Å²) in [5.41, 5.74) is 2.47. The summed E-state index contributed by atoms with van der Waals surface area (Å²) < 4.78 is 28.1. The lowest BCUT2D eigenvalue weighted by Crippen LogP contribution is -2.42. The van der Waals surface area contributed by atoms with Gasteiger partial charge in [-0.2, -0.15) is 0 Å². The smallest absolute Gasteiger partial charge is 0.240 e. The minimum absolute atomic E-state index is 0.0529. The molecule has 5 nitrogen and oxygen atoms in total. The Morgan fingerprint density at radius 1 is 1.21 bits per heavy atom. The van der Waals surface area contributed by atoms with Crippen molar-refractivity contribution in [2.75, 3.05) is 4.90 Å². The topological polar surface area (TPSA) is 66.5 Å². The molecule has 1 atom stereocenters. The standard InChI is InChI=1S/C21H23ClN2O3S/c1-14-11-17-12-18(9-10-20(17)24(14)21(25)15-6-4-7-15)28(26,27)23-13-16-5-2-3-8-19(16)22/h2-3,5,8-10,12,14-15,23H,4,6-7,11,13H2,1H3/t14-/m0/s1. The molecule has 0 saturated heterocycles. The van der Waals surface area contributed by atoms with Crippen LogP contribution in [0.2, 0.25) is 5.02 Å². The number of fused-ring (bicyclic) bond motifs is 1. The van der Waals surface area contributed by atoms with E-state index in [-0.39, 0.29) is 29.3 Å². The van der Waals surface area contributed by atoms with E-state index in [9.17, 15) is 13.2 Å². The summed E-state index contributed by atoms with van der Waals surface area (Å²) >= 11 is 6.11. The van der Waals surface area contributed by atoms with Crippen LogP contribution in [0.5, 0.6) is 0 Å². The van der Waals surface area contributed by atoms with E-state index in [0.29, 0.717) is 11.4 Å². The number of halogens is 1. The third kappa shape index (κ3) is 3.56. The van der Waals surface area contributed by atoms with E-state index in [0.717, 1.165) is 36.1 Å². The van der Waals surface area contributed by atoms with Gasteiger partial charge in [-0.05, 0) is 61.6 Å². The number of carbonyl (C=O) groups is 1. The van der Waals surface area contributed by atoms with E-state index < -0.39 is 10.0 Å². The van der Waals surface area contributed by atoms with Gasteiger partial charge in [0.05, 0.1) is 4.90 Å². The van der Waals surface area contributed by atoms with Gasteiger partial charge in [-0.15, -0.1) is 0 Å². The number of anilines is 1. The highest BCUT2D eigenvalue weighted by Gasteiger charge is 2.37. The zero-order valence-corrected chi connectivity index (χ0v) is 17.3. The summed E-state index contributed by atoms with van der Waals surface area (Å²) in [6.07, 6.45) is 3.69. The highest BCUT2D eigenvalue weighted by atomic mass is 35.5. The number of nitrogens with zero attached hydrogens (tertiary/aromatic N) is 1. The second-order valence-corrected chi connectivity index (χ2v) is 9.77. The Bertz CT molecular complexity index is 1020. The molecule has 1 aliphatic carbocycles. The number of carbonyl (C=O) groups excluding carboxylic acids is 1. The fourth-order valence-electron chi connectivity index (χ4n) is 3.86. The van der Waals surface area contributed by atoms with E-state index in [1.165, 1.54) is 0 Å². The van der Waals surface area contributed by atoms with E-state index in [2.05, 4.69) is 4.72 Å². The monoisotopic (exact) mass is 418 g/mol. The Labute approximate surface area is 170 Å². The molecule has 1 saturated carbocycles. The number of rotatable bonds is 5. The molecule has 1 amide bonds. The molecule has 2 aromatic rings. The molecule has 2 aliphatic rings. The lowest BCUT2D eigenvalue weighted by atomic mass is 9.84. The molecule has 7 heteroatoms. The first-order valence-corrected chi connectivity index (χ1v) is 11.4. The van der Waals surface area contributed by atoms with Crippen LogP contribution in [0.15, 0.2) is 47.4 Å². The zero-order chi connectivity index (χ0) is 19.9. The fourth-order valence-corrected chi connectivity index (χ4v) is 5.12. The van der Waals surface area contributed by atoms with Crippen molar-refractivity contribution in [2.45, 2.75) is 50.1 Å². The largest absolute Gasteiger partial charge is 0.309 e. The van der Waals surface area contributed by atoms with E-state index in [1.54, 1.807) is 36.4 Å². The predicted octanol–water partition coefficient (Wildman–Crippen LogP) is 3.90. The maximum absolute atomic E-state index is 12.8. The Hall–Kier alpha value is -1.89. The number of hydrogen-bond acceptors (Lipinski definition) is 3. The first-order chi connectivity index (χ1) is 13.4. The van der Waals surface area contributed by atoms with Crippen molar-refractivity contribution in [1.82, 2.24) is 4.72 Å². The van der Waals surface area contributed by atoms with Gasteiger partial charge in [0.2, 0.25) is 15.9 Å². The Morgan fingerprint density at radius 2 is 1.96 bits per heavy atom. The number of sulfonamides is 1. The average molecular weight is 419 g/mol. The molecule has 2 aromatic carbocycles. The molecule has 1 heterocycles. The van der Waals surface area contributed by atoms with Crippen molar-refractivity contribution in [3.63, 3.8) is 0 Å². The van der Waals surface area contributed by atoms with Gasteiger partial charge < -0.3 is 4.90 Å². The predicted molar refractivity (Wildman–Crippen MR) is 110 cm³/mol. The molecular weight excluding hydrogens is 396 g/mol. The molecule has 0 spiro atoms. The van der Waals surface area contributed by atoms with E-state index in [1.807, 2.05) is 17.9 Å². The maximum Gasteiger partial charge on any atom is 0.240 e. The summed E-state index contributed by atoms with van der Waals surface area (Å²) in [6.45, 7) is 2.14. The summed E-state index contributed by atoms with van der Waals surface area (Å²) in [7, 11) is -3.67. The van der Waals surface area contributed by atoms with Crippen LogP contribution < -0.4 is 9.62 Å². The lowest BCUT2D eigenvalue weighted by molar-refractivity contribution is -0.125. The lowest BCUT2D eigenvalue weighted by Gasteiger charge is -2.32. The van der Waals surface area contributed by atoms with Gasteiger partial charge in [0.1, 0.15) is 0 Å². The van der Waals surface area contributed by atoms with Crippen molar-refractivity contribution >= 4 is 33.2 Å². The highest BCUT2D eigenvalue weighted by molar-refractivity contribution is 7.89. The molecule has 4 rings (SSSR count). The first kappa shape index (κ1) is 19.4. The van der Waals surface area contributed by atoms with Gasteiger partial charge in [0.15, 0.2) is 0 Å². The van der Waals surface area contributed by atoms with Gasteiger partial charge in [0.25, 0.3) is 0 Å². The van der Waals surface area contributed by atoms with Crippen molar-refractivity contribution < 1.29 is 13.2 Å².